The van der Waals surface area contributed by atoms with Gasteiger partial charge in [0.2, 0.25) is 5.91 Å². The smallest absolute Gasteiger partial charge is 0.246 e. The first kappa shape index (κ1) is 11.2. The van der Waals surface area contributed by atoms with E-state index in [0.717, 1.165) is 0 Å². The van der Waals surface area contributed by atoms with Gasteiger partial charge in [0.15, 0.2) is 0 Å². The van der Waals surface area contributed by atoms with E-state index >= 15 is 0 Å². The molecule has 3 nitrogen and oxygen atoms in total. The Kier molecular flexibility index (Phi) is 3.96. The molecule has 0 aliphatic rings. The normalized spacial score (nSPS) is 12.1. The van der Waals surface area contributed by atoms with Gasteiger partial charge in [-0.1, -0.05) is 6.08 Å². The Labute approximate surface area is 73.7 Å². The second kappa shape index (κ2) is 4.26. The van der Waals surface area contributed by atoms with Crippen LogP contribution in [0.1, 0.15) is 20.8 Å². The molecule has 0 aromatic carbocycles. The fourth-order valence-corrected chi connectivity index (χ4v) is 0.659. The van der Waals surface area contributed by atoms with E-state index in [4.69, 9.17) is 5.11 Å². The molecule has 0 bridgehead atoms. The summed E-state index contributed by atoms with van der Waals surface area (Å²) in [6, 6.07) is 0. The Bertz CT molecular complexity index is 185. The van der Waals surface area contributed by atoms with Crippen molar-refractivity contribution in [1.29, 1.82) is 0 Å². The summed E-state index contributed by atoms with van der Waals surface area (Å²) in [5.74, 6) is -0.0865. The quantitative estimate of drug-likeness (QED) is 0.638. The standard InChI is InChI=1S/C9H17NO2/c1-5-6-8(12)10(4)9(2,3)7-11/h5-6,11H,7H2,1-4H3/b6-5+. The predicted molar refractivity (Wildman–Crippen MR) is 48.7 cm³/mol. The molecule has 0 radical (unpaired) electrons. The first-order valence-electron chi connectivity index (χ1n) is 3.97. The van der Waals surface area contributed by atoms with Crippen LogP contribution in [0.5, 0.6) is 0 Å². The Morgan fingerprint density at radius 3 is 2.42 bits per heavy atom. The summed E-state index contributed by atoms with van der Waals surface area (Å²) in [6.45, 7) is 5.38. The topological polar surface area (TPSA) is 40.5 Å². The molecule has 70 valence electrons. The molecule has 1 N–H and O–H groups in total. The van der Waals surface area contributed by atoms with Crippen LogP contribution >= 0.6 is 0 Å². The van der Waals surface area contributed by atoms with Gasteiger partial charge in [0.25, 0.3) is 0 Å². The van der Waals surface area contributed by atoms with Crippen molar-refractivity contribution in [2.24, 2.45) is 0 Å². The number of hydrogen-bond donors (Lipinski definition) is 1. The number of hydrogen-bond acceptors (Lipinski definition) is 2. The molecular formula is C9H17NO2. The summed E-state index contributed by atoms with van der Waals surface area (Å²) in [7, 11) is 1.68. The molecule has 0 aromatic heterocycles. The summed E-state index contributed by atoms with van der Waals surface area (Å²) in [5.41, 5.74) is -0.489. The molecule has 1 amide bonds. The molecular weight excluding hydrogens is 154 g/mol. The van der Waals surface area contributed by atoms with Gasteiger partial charge in [-0.05, 0) is 26.8 Å². The first-order chi connectivity index (χ1) is 5.45. The van der Waals surface area contributed by atoms with Crippen molar-refractivity contribution in [1.82, 2.24) is 4.90 Å². The van der Waals surface area contributed by atoms with Gasteiger partial charge in [-0.2, -0.15) is 0 Å². The summed E-state index contributed by atoms with van der Waals surface area (Å²) >= 11 is 0. The Balaban J connectivity index is 4.37. The van der Waals surface area contributed by atoms with Crippen LogP contribution in [0.15, 0.2) is 12.2 Å². The van der Waals surface area contributed by atoms with E-state index in [0.29, 0.717) is 0 Å². The number of aliphatic hydroxyl groups excluding tert-OH is 1. The van der Waals surface area contributed by atoms with E-state index in [-0.39, 0.29) is 12.5 Å². The number of aliphatic hydroxyl groups is 1. The van der Waals surface area contributed by atoms with Gasteiger partial charge >= 0.3 is 0 Å². The van der Waals surface area contributed by atoms with E-state index in [1.807, 2.05) is 13.8 Å². The van der Waals surface area contributed by atoms with Crippen molar-refractivity contribution in [3.8, 4) is 0 Å². The number of amides is 1. The van der Waals surface area contributed by atoms with Crippen molar-refractivity contribution in [3.63, 3.8) is 0 Å². The Morgan fingerprint density at radius 2 is 2.08 bits per heavy atom. The summed E-state index contributed by atoms with van der Waals surface area (Å²) in [4.78, 5) is 12.8. The third-order valence-corrected chi connectivity index (χ3v) is 1.93. The van der Waals surface area contributed by atoms with E-state index in [9.17, 15) is 4.79 Å². The molecule has 0 aliphatic carbocycles. The van der Waals surface area contributed by atoms with Crippen LogP contribution < -0.4 is 0 Å². The zero-order valence-corrected chi connectivity index (χ0v) is 8.16. The van der Waals surface area contributed by atoms with Crippen LogP contribution in [-0.4, -0.2) is 35.1 Å². The molecule has 0 fully saturated rings. The van der Waals surface area contributed by atoms with Crippen molar-refractivity contribution in [2.75, 3.05) is 13.7 Å². The monoisotopic (exact) mass is 171 g/mol. The fraction of sp³-hybridized carbons (Fsp3) is 0.667. The zero-order valence-electron chi connectivity index (χ0n) is 8.16. The van der Waals surface area contributed by atoms with Gasteiger partial charge < -0.3 is 10.0 Å². The third kappa shape index (κ3) is 2.66. The summed E-state index contributed by atoms with van der Waals surface area (Å²) in [6.07, 6.45) is 3.17. The molecule has 0 spiro atoms. The van der Waals surface area contributed by atoms with Crippen molar-refractivity contribution < 1.29 is 9.90 Å². The lowest BCUT2D eigenvalue weighted by Crippen LogP contribution is -2.47. The minimum absolute atomic E-state index is 0.0349. The van der Waals surface area contributed by atoms with Gasteiger partial charge in [0.1, 0.15) is 0 Å². The second-order valence-electron chi connectivity index (χ2n) is 3.37. The SMILES string of the molecule is C/C=C/C(=O)N(C)C(C)(C)CO. The predicted octanol–water partition coefficient (Wildman–Crippen LogP) is 0.792. The fourth-order valence-electron chi connectivity index (χ4n) is 0.659. The van der Waals surface area contributed by atoms with Crippen LogP contribution in [0.25, 0.3) is 0 Å². The van der Waals surface area contributed by atoms with Gasteiger partial charge in [-0.25, -0.2) is 0 Å². The number of carbonyl (C=O) groups is 1. The van der Waals surface area contributed by atoms with Gasteiger partial charge in [-0.3, -0.25) is 4.79 Å². The minimum Gasteiger partial charge on any atom is -0.394 e. The van der Waals surface area contributed by atoms with Crippen molar-refractivity contribution in [3.05, 3.63) is 12.2 Å². The average Bonchev–Trinajstić information content (AvgIpc) is 2.03. The molecule has 0 aromatic rings. The molecule has 0 saturated heterocycles. The van der Waals surface area contributed by atoms with Gasteiger partial charge in [0.05, 0.1) is 12.1 Å². The molecule has 0 aliphatic heterocycles. The number of likely N-dealkylation sites (N-methyl/N-ethyl adjacent to an activating group) is 1. The highest BCUT2D eigenvalue weighted by atomic mass is 16.3. The highest BCUT2D eigenvalue weighted by molar-refractivity contribution is 5.87. The second-order valence-corrected chi connectivity index (χ2v) is 3.37. The van der Waals surface area contributed by atoms with Crippen LogP contribution in [0.3, 0.4) is 0 Å². The molecule has 0 heterocycles. The average molecular weight is 171 g/mol. The lowest BCUT2D eigenvalue weighted by molar-refractivity contribution is -0.130. The Hall–Kier alpha value is -0.830. The number of carbonyl (C=O) groups excluding carboxylic acids is 1. The summed E-state index contributed by atoms with van der Waals surface area (Å²) < 4.78 is 0. The zero-order chi connectivity index (χ0) is 9.78. The van der Waals surface area contributed by atoms with Crippen LogP contribution in [0.2, 0.25) is 0 Å². The lowest BCUT2D eigenvalue weighted by atomic mass is 10.1. The first-order valence-corrected chi connectivity index (χ1v) is 3.97. The van der Waals surface area contributed by atoms with Gasteiger partial charge in [0, 0.05) is 7.05 Å². The molecule has 3 heteroatoms. The van der Waals surface area contributed by atoms with Crippen molar-refractivity contribution in [2.45, 2.75) is 26.3 Å². The maximum Gasteiger partial charge on any atom is 0.246 e. The molecule has 0 atom stereocenters. The van der Waals surface area contributed by atoms with E-state index in [2.05, 4.69) is 0 Å². The number of nitrogens with zero attached hydrogens (tertiary/aromatic N) is 1. The number of allylic oxidation sites excluding steroid dienone is 1. The Morgan fingerprint density at radius 1 is 1.58 bits per heavy atom. The van der Waals surface area contributed by atoms with E-state index in [1.54, 1.807) is 20.0 Å². The van der Waals surface area contributed by atoms with E-state index in [1.165, 1.54) is 11.0 Å². The lowest BCUT2D eigenvalue weighted by Gasteiger charge is -2.33. The van der Waals surface area contributed by atoms with E-state index < -0.39 is 5.54 Å². The van der Waals surface area contributed by atoms with Crippen LogP contribution in [-0.2, 0) is 4.79 Å². The van der Waals surface area contributed by atoms with Crippen LogP contribution in [0, 0.1) is 0 Å². The molecule has 12 heavy (non-hydrogen) atoms. The highest BCUT2D eigenvalue weighted by Crippen LogP contribution is 2.11. The third-order valence-electron chi connectivity index (χ3n) is 1.93. The van der Waals surface area contributed by atoms with Crippen molar-refractivity contribution >= 4 is 5.91 Å². The minimum atomic E-state index is -0.489. The molecule has 0 rings (SSSR count). The molecule has 0 saturated carbocycles. The largest absolute Gasteiger partial charge is 0.394 e. The van der Waals surface area contributed by atoms with Crippen LogP contribution in [0.4, 0.5) is 0 Å². The highest BCUT2D eigenvalue weighted by Gasteiger charge is 2.24. The maximum absolute atomic E-state index is 11.3. The maximum atomic E-state index is 11.3. The number of rotatable bonds is 3. The molecule has 0 unspecified atom stereocenters. The summed E-state index contributed by atoms with van der Waals surface area (Å²) in [5, 5.41) is 8.96. The van der Waals surface area contributed by atoms with Gasteiger partial charge in [-0.15, -0.1) is 0 Å².